The van der Waals surface area contributed by atoms with E-state index in [0.29, 0.717) is 28.7 Å². The van der Waals surface area contributed by atoms with E-state index in [1.165, 1.54) is 0 Å². The van der Waals surface area contributed by atoms with Crippen molar-refractivity contribution >= 4 is 23.5 Å². The molecule has 0 fully saturated rings. The van der Waals surface area contributed by atoms with Crippen molar-refractivity contribution in [2.75, 3.05) is 6.61 Å². The van der Waals surface area contributed by atoms with Gasteiger partial charge in [0.25, 0.3) is 5.91 Å². The first kappa shape index (κ1) is 27.5. The van der Waals surface area contributed by atoms with Crippen LogP contribution in [-0.2, 0) is 22.5 Å². The SMILES string of the molecule is CCCOc1ccc(CC(OC(C)C)C(=O)O)cc1CNC(=O)c1ccc(OC(C)C)cc1Cl. The van der Waals surface area contributed by atoms with Crippen molar-refractivity contribution < 1.29 is 28.9 Å². The van der Waals surface area contributed by atoms with Gasteiger partial charge < -0.3 is 24.6 Å². The average Bonchev–Trinajstić information content (AvgIpc) is 2.75. The normalized spacial score (nSPS) is 12.0. The van der Waals surface area contributed by atoms with E-state index in [4.69, 9.17) is 25.8 Å². The van der Waals surface area contributed by atoms with Crippen LogP contribution in [0.1, 0.15) is 62.5 Å². The minimum atomic E-state index is -1.02. The van der Waals surface area contributed by atoms with Crippen molar-refractivity contribution in [3.05, 3.63) is 58.1 Å². The van der Waals surface area contributed by atoms with Crippen molar-refractivity contribution in [2.45, 2.75) is 72.3 Å². The number of hydrogen-bond donors (Lipinski definition) is 2. The topological polar surface area (TPSA) is 94.1 Å². The highest BCUT2D eigenvalue weighted by Crippen LogP contribution is 2.25. The molecule has 0 aliphatic heterocycles. The summed E-state index contributed by atoms with van der Waals surface area (Å²) in [6.07, 6.45) is -0.149. The van der Waals surface area contributed by atoms with Crippen LogP contribution in [0.3, 0.4) is 0 Å². The molecule has 0 saturated carbocycles. The Morgan fingerprint density at radius 1 is 1.06 bits per heavy atom. The van der Waals surface area contributed by atoms with Gasteiger partial charge >= 0.3 is 5.97 Å². The van der Waals surface area contributed by atoms with E-state index in [9.17, 15) is 14.7 Å². The Hall–Kier alpha value is -2.77. The molecule has 0 radical (unpaired) electrons. The Kier molecular flexibility index (Phi) is 10.7. The smallest absolute Gasteiger partial charge is 0.333 e. The maximum atomic E-state index is 12.8. The molecule has 1 atom stereocenters. The number of hydrogen-bond acceptors (Lipinski definition) is 5. The monoisotopic (exact) mass is 491 g/mol. The zero-order chi connectivity index (χ0) is 25.3. The van der Waals surface area contributed by atoms with Gasteiger partial charge in [-0.15, -0.1) is 0 Å². The van der Waals surface area contributed by atoms with Crippen LogP contribution in [-0.4, -0.2) is 41.9 Å². The van der Waals surface area contributed by atoms with Gasteiger partial charge in [-0.25, -0.2) is 4.79 Å². The fourth-order valence-corrected chi connectivity index (χ4v) is 3.54. The molecule has 0 aromatic heterocycles. The molecule has 0 bridgehead atoms. The summed E-state index contributed by atoms with van der Waals surface area (Å²) >= 11 is 6.31. The summed E-state index contributed by atoms with van der Waals surface area (Å²) in [6.45, 7) is 10.1. The highest BCUT2D eigenvalue weighted by Gasteiger charge is 2.21. The quantitative estimate of drug-likeness (QED) is 0.396. The molecule has 2 aromatic rings. The number of halogens is 1. The second kappa shape index (κ2) is 13.2. The van der Waals surface area contributed by atoms with E-state index < -0.39 is 12.1 Å². The van der Waals surface area contributed by atoms with E-state index in [1.807, 2.05) is 32.9 Å². The Morgan fingerprint density at radius 3 is 2.38 bits per heavy atom. The molecular weight excluding hydrogens is 458 g/mol. The van der Waals surface area contributed by atoms with E-state index >= 15 is 0 Å². The van der Waals surface area contributed by atoms with Crippen LogP contribution >= 0.6 is 11.6 Å². The van der Waals surface area contributed by atoms with Crippen LogP contribution in [0.5, 0.6) is 11.5 Å². The van der Waals surface area contributed by atoms with Gasteiger partial charge in [0.1, 0.15) is 11.5 Å². The predicted molar refractivity (Wildman–Crippen MR) is 132 cm³/mol. The van der Waals surface area contributed by atoms with Gasteiger partial charge in [-0.05, 0) is 63.9 Å². The van der Waals surface area contributed by atoms with Gasteiger partial charge in [-0.3, -0.25) is 4.79 Å². The van der Waals surface area contributed by atoms with Crippen molar-refractivity contribution in [3.8, 4) is 11.5 Å². The lowest BCUT2D eigenvalue weighted by atomic mass is 10.0. The lowest BCUT2D eigenvalue weighted by Gasteiger charge is -2.18. The molecule has 0 saturated heterocycles. The summed E-state index contributed by atoms with van der Waals surface area (Å²) < 4.78 is 17.0. The largest absolute Gasteiger partial charge is 0.493 e. The second-order valence-electron chi connectivity index (χ2n) is 8.50. The summed E-state index contributed by atoms with van der Waals surface area (Å²) in [7, 11) is 0. The number of aliphatic carboxylic acids is 1. The Bertz CT molecular complexity index is 976. The summed E-state index contributed by atoms with van der Waals surface area (Å²) in [5.41, 5.74) is 1.85. The predicted octanol–water partition coefficient (Wildman–Crippen LogP) is 5.27. The molecule has 1 amide bonds. The minimum Gasteiger partial charge on any atom is -0.493 e. The first-order valence-electron chi connectivity index (χ1n) is 11.5. The van der Waals surface area contributed by atoms with Crippen LogP contribution < -0.4 is 14.8 Å². The number of carboxylic acid groups (broad SMARTS) is 1. The van der Waals surface area contributed by atoms with Crippen molar-refractivity contribution in [1.29, 1.82) is 0 Å². The maximum absolute atomic E-state index is 12.8. The van der Waals surface area contributed by atoms with Gasteiger partial charge in [0, 0.05) is 18.5 Å². The molecule has 2 rings (SSSR count). The third-order valence-electron chi connectivity index (χ3n) is 4.72. The van der Waals surface area contributed by atoms with E-state index in [1.54, 1.807) is 38.1 Å². The molecule has 0 spiro atoms. The van der Waals surface area contributed by atoms with Crippen LogP contribution in [0.25, 0.3) is 0 Å². The number of nitrogens with one attached hydrogen (secondary N) is 1. The number of rotatable bonds is 13. The minimum absolute atomic E-state index is 0.00350. The van der Waals surface area contributed by atoms with Gasteiger partial charge in [0.15, 0.2) is 6.10 Å². The number of ether oxygens (including phenoxy) is 3. The molecule has 1 unspecified atom stereocenters. The summed E-state index contributed by atoms with van der Waals surface area (Å²) in [5.74, 6) is -0.126. The third-order valence-corrected chi connectivity index (χ3v) is 5.03. The lowest BCUT2D eigenvalue weighted by Crippen LogP contribution is -2.29. The molecule has 7 nitrogen and oxygen atoms in total. The first-order chi connectivity index (χ1) is 16.1. The van der Waals surface area contributed by atoms with Gasteiger partial charge in [0.05, 0.1) is 29.4 Å². The molecule has 2 aromatic carbocycles. The summed E-state index contributed by atoms with van der Waals surface area (Å²) in [5, 5.41) is 12.7. The first-order valence-corrected chi connectivity index (χ1v) is 11.9. The third kappa shape index (κ3) is 8.54. The zero-order valence-corrected chi connectivity index (χ0v) is 21.1. The zero-order valence-electron chi connectivity index (χ0n) is 20.4. The molecule has 34 heavy (non-hydrogen) atoms. The van der Waals surface area contributed by atoms with Crippen molar-refractivity contribution in [2.24, 2.45) is 0 Å². The Morgan fingerprint density at radius 2 is 1.79 bits per heavy atom. The number of amides is 1. The highest BCUT2D eigenvalue weighted by atomic mass is 35.5. The maximum Gasteiger partial charge on any atom is 0.333 e. The van der Waals surface area contributed by atoms with Crippen molar-refractivity contribution in [3.63, 3.8) is 0 Å². The molecular formula is C26H34ClNO6. The van der Waals surface area contributed by atoms with Crippen LogP contribution in [0.4, 0.5) is 0 Å². The highest BCUT2D eigenvalue weighted by molar-refractivity contribution is 6.34. The molecule has 0 aliphatic rings. The number of benzene rings is 2. The fraction of sp³-hybridized carbons (Fsp3) is 0.462. The Labute approximate surface area is 206 Å². The molecule has 0 aliphatic carbocycles. The lowest BCUT2D eigenvalue weighted by molar-refractivity contribution is -0.153. The van der Waals surface area contributed by atoms with E-state index in [2.05, 4.69) is 5.32 Å². The van der Waals surface area contributed by atoms with Crippen LogP contribution in [0.2, 0.25) is 5.02 Å². The number of carbonyl (C=O) groups is 2. The van der Waals surface area contributed by atoms with Crippen LogP contribution in [0.15, 0.2) is 36.4 Å². The van der Waals surface area contributed by atoms with Gasteiger partial charge in [-0.1, -0.05) is 30.7 Å². The van der Waals surface area contributed by atoms with Crippen LogP contribution in [0, 0.1) is 0 Å². The number of carbonyl (C=O) groups excluding carboxylic acids is 1. The van der Waals surface area contributed by atoms with E-state index in [-0.39, 0.29) is 31.1 Å². The van der Waals surface area contributed by atoms with Gasteiger partial charge in [-0.2, -0.15) is 0 Å². The average molecular weight is 492 g/mol. The van der Waals surface area contributed by atoms with Gasteiger partial charge in [0.2, 0.25) is 0 Å². The van der Waals surface area contributed by atoms with E-state index in [0.717, 1.165) is 17.5 Å². The van der Waals surface area contributed by atoms with Crippen molar-refractivity contribution in [1.82, 2.24) is 5.32 Å². The Balaban J connectivity index is 2.19. The second-order valence-corrected chi connectivity index (χ2v) is 8.90. The summed E-state index contributed by atoms with van der Waals surface area (Å²) in [4.78, 5) is 24.4. The standard InChI is InChI=1S/C26H34ClNO6/c1-6-11-32-23-10-7-18(13-24(26(30)31)34-17(4)5)12-19(23)15-28-25(29)21-9-8-20(14-22(21)27)33-16(2)3/h7-10,12,14,16-17,24H,6,11,13,15H2,1-5H3,(H,28,29)(H,30,31). The molecule has 0 heterocycles. The summed E-state index contributed by atoms with van der Waals surface area (Å²) in [6, 6.07) is 10.4. The number of carboxylic acids is 1. The molecule has 2 N–H and O–H groups in total. The fourth-order valence-electron chi connectivity index (χ4n) is 3.28. The molecule has 186 valence electrons. The molecule has 8 heteroatoms.